The molecule has 0 aliphatic carbocycles. The number of nitrogens with one attached hydrogen (secondary N) is 1. The maximum atomic E-state index is 13.2. The summed E-state index contributed by atoms with van der Waals surface area (Å²) < 4.78 is 34.6. The molecule has 0 bridgehead atoms. The van der Waals surface area contributed by atoms with E-state index in [0.717, 1.165) is 25.7 Å². The smallest absolute Gasteiger partial charge is 0.256 e. The summed E-state index contributed by atoms with van der Waals surface area (Å²) in [5.74, 6) is 0.0448. The highest BCUT2D eigenvalue weighted by Gasteiger charge is 2.29. The number of rotatable bonds is 7. The maximum Gasteiger partial charge on any atom is 0.256 e. The number of hydrogen-bond acceptors (Lipinski definition) is 6. The number of hydrogen-bond donors (Lipinski definition) is 2. The third kappa shape index (κ3) is 4.95. The molecule has 1 aliphatic rings. The molecular weight excluding hydrogens is 396 g/mol. The first-order chi connectivity index (χ1) is 14.0. The van der Waals surface area contributed by atoms with Crippen molar-refractivity contribution in [1.82, 2.24) is 14.1 Å². The lowest BCUT2D eigenvalue weighted by Crippen LogP contribution is -2.32. The van der Waals surface area contributed by atoms with Crippen LogP contribution < -0.4 is 10.1 Å². The van der Waals surface area contributed by atoms with Crippen molar-refractivity contribution < 1.29 is 23.1 Å². The molecule has 0 unspecified atom stereocenters. The van der Waals surface area contributed by atoms with Crippen LogP contribution in [0.3, 0.4) is 0 Å². The molecule has 10 heteroatoms. The van der Waals surface area contributed by atoms with E-state index < -0.39 is 15.9 Å². The number of methoxy groups -OCH3 is 1. The first kappa shape index (κ1) is 21.3. The average Bonchev–Trinajstić information content (AvgIpc) is 2.97. The van der Waals surface area contributed by atoms with Gasteiger partial charge in [-0.05, 0) is 31.0 Å². The predicted octanol–water partition coefficient (Wildman–Crippen LogP) is 1.70. The standard InChI is InChI=1S/C19H26N4O5S/c1-28-16-7-6-15(19(25)20-18-8-11-22(21-18)12-13-24)14-17(16)29(26,27)23-9-4-2-3-5-10-23/h6-8,11,14,24H,2-5,9-10,12-13H2,1H3,(H,20,21,25). The minimum absolute atomic E-state index is 0.0136. The van der Waals surface area contributed by atoms with E-state index in [1.807, 2.05) is 0 Å². The summed E-state index contributed by atoms with van der Waals surface area (Å²) in [7, 11) is -2.37. The van der Waals surface area contributed by atoms with Gasteiger partial charge in [0.1, 0.15) is 10.6 Å². The van der Waals surface area contributed by atoms with E-state index in [0.29, 0.717) is 25.5 Å². The van der Waals surface area contributed by atoms with Crippen molar-refractivity contribution in [2.24, 2.45) is 0 Å². The lowest BCUT2D eigenvalue weighted by Gasteiger charge is -2.21. The summed E-state index contributed by atoms with van der Waals surface area (Å²) in [5, 5.41) is 15.7. The van der Waals surface area contributed by atoms with Gasteiger partial charge in [0.25, 0.3) is 5.91 Å². The fraction of sp³-hybridized carbons (Fsp3) is 0.474. The van der Waals surface area contributed by atoms with Crippen LogP contribution in [0.15, 0.2) is 35.4 Å². The van der Waals surface area contributed by atoms with Crippen molar-refractivity contribution in [2.45, 2.75) is 37.1 Å². The van der Waals surface area contributed by atoms with Crippen molar-refractivity contribution in [1.29, 1.82) is 0 Å². The first-order valence-electron chi connectivity index (χ1n) is 9.59. The van der Waals surface area contributed by atoms with Crippen molar-refractivity contribution in [3.8, 4) is 5.75 Å². The number of aliphatic hydroxyl groups is 1. The molecule has 0 atom stereocenters. The number of aliphatic hydroxyl groups excluding tert-OH is 1. The van der Waals surface area contributed by atoms with Crippen LogP contribution in [0, 0.1) is 0 Å². The molecule has 9 nitrogen and oxygen atoms in total. The van der Waals surface area contributed by atoms with E-state index >= 15 is 0 Å². The van der Waals surface area contributed by atoms with Crippen LogP contribution in [-0.4, -0.2) is 60.3 Å². The summed E-state index contributed by atoms with van der Waals surface area (Å²) in [5.41, 5.74) is 0.191. The first-order valence-corrected chi connectivity index (χ1v) is 11.0. The summed E-state index contributed by atoms with van der Waals surface area (Å²) in [6.07, 6.45) is 5.29. The van der Waals surface area contributed by atoms with Gasteiger partial charge in [-0.15, -0.1) is 0 Å². The zero-order valence-corrected chi connectivity index (χ0v) is 17.2. The second-order valence-electron chi connectivity index (χ2n) is 6.83. The molecule has 2 aromatic rings. The molecule has 158 valence electrons. The molecule has 1 fully saturated rings. The van der Waals surface area contributed by atoms with E-state index in [9.17, 15) is 13.2 Å². The topological polar surface area (TPSA) is 114 Å². The molecule has 2 N–H and O–H groups in total. The Balaban J connectivity index is 1.86. The molecule has 0 radical (unpaired) electrons. The summed E-state index contributed by atoms with van der Waals surface area (Å²) in [4.78, 5) is 12.6. The predicted molar refractivity (Wildman–Crippen MR) is 107 cm³/mol. The fourth-order valence-corrected chi connectivity index (χ4v) is 4.98. The van der Waals surface area contributed by atoms with Gasteiger partial charge in [0.15, 0.2) is 5.82 Å². The number of anilines is 1. The minimum atomic E-state index is -3.78. The van der Waals surface area contributed by atoms with Crippen LogP contribution in [0.25, 0.3) is 0 Å². The van der Waals surface area contributed by atoms with Crippen molar-refractivity contribution in [3.05, 3.63) is 36.0 Å². The summed E-state index contributed by atoms with van der Waals surface area (Å²) >= 11 is 0. The third-order valence-electron chi connectivity index (χ3n) is 4.82. The molecule has 1 aromatic heterocycles. The summed E-state index contributed by atoms with van der Waals surface area (Å²) in [6.45, 7) is 1.18. The van der Waals surface area contributed by atoms with Crippen LogP contribution in [0.4, 0.5) is 5.82 Å². The van der Waals surface area contributed by atoms with E-state index in [1.165, 1.54) is 34.3 Å². The molecule has 0 saturated carbocycles. The van der Waals surface area contributed by atoms with Gasteiger partial charge in [-0.1, -0.05) is 12.8 Å². The SMILES string of the molecule is COc1ccc(C(=O)Nc2ccn(CCO)n2)cc1S(=O)(=O)N1CCCCCC1. The Morgan fingerprint density at radius 3 is 2.59 bits per heavy atom. The quantitative estimate of drug-likeness (QED) is 0.702. The molecule has 1 saturated heterocycles. The lowest BCUT2D eigenvalue weighted by molar-refractivity contribution is 0.102. The Labute approximate surface area is 170 Å². The Kier molecular flexibility index (Phi) is 6.88. The highest BCUT2D eigenvalue weighted by atomic mass is 32.2. The Hall–Kier alpha value is -2.43. The van der Waals surface area contributed by atoms with Gasteiger partial charge in [0.05, 0.1) is 20.3 Å². The van der Waals surface area contributed by atoms with Gasteiger partial charge in [-0.2, -0.15) is 9.40 Å². The minimum Gasteiger partial charge on any atom is -0.495 e. The number of amides is 1. The molecule has 3 rings (SSSR count). The number of aromatic nitrogens is 2. The maximum absolute atomic E-state index is 13.2. The number of carbonyl (C=O) groups is 1. The number of sulfonamides is 1. The number of nitrogens with zero attached hydrogens (tertiary/aromatic N) is 3. The molecule has 1 aliphatic heterocycles. The average molecular weight is 423 g/mol. The number of benzene rings is 1. The van der Waals surface area contributed by atoms with Crippen LogP contribution in [-0.2, 0) is 16.6 Å². The van der Waals surface area contributed by atoms with Crippen molar-refractivity contribution >= 4 is 21.7 Å². The molecule has 29 heavy (non-hydrogen) atoms. The van der Waals surface area contributed by atoms with Crippen LogP contribution in [0.5, 0.6) is 5.75 Å². The van der Waals surface area contributed by atoms with Crippen molar-refractivity contribution in [3.63, 3.8) is 0 Å². The highest BCUT2D eigenvalue weighted by molar-refractivity contribution is 7.89. The monoisotopic (exact) mass is 422 g/mol. The Morgan fingerprint density at radius 2 is 1.93 bits per heavy atom. The fourth-order valence-electron chi connectivity index (χ4n) is 3.28. The second kappa shape index (κ2) is 9.38. The molecule has 1 amide bonds. The number of ether oxygens (including phenoxy) is 1. The van der Waals surface area contributed by atoms with Gasteiger partial charge in [0.2, 0.25) is 10.0 Å². The van der Waals surface area contributed by atoms with Gasteiger partial charge in [0, 0.05) is 30.9 Å². The van der Waals surface area contributed by atoms with E-state index in [-0.39, 0.29) is 22.8 Å². The zero-order valence-electron chi connectivity index (χ0n) is 16.4. The lowest BCUT2D eigenvalue weighted by atomic mass is 10.2. The van der Waals surface area contributed by atoms with Crippen LogP contribution in [0.1, 0.15) is 36.0 Å². The Morgan fingerprint density at radius 1 is 1.21 bits per heavy atom. The Bertz CT molecular complexity index is 949. The third-order valence-corrected chi connectivity index (χ3v) is 6.74. The van der Waals surface area contributed by atoms with Gasteiger partial charge >= 0.3 is 0 Å². The van der Waals surface area contributed by atoms with E-state index in [4.69, 9.17) is 9.84 Å². The van der Waals surface area contributed by atoms with Crippen LogP contribution in [0.2, 0.25) is 0 Å². The summed E-state index contributed by atoms with van der Waals surface area (Å²) in [6, 6.07) is 5.95. The normalized spacial score (nSPS) is 15.7. The number of carbonyl (C=O) groups excluding carboxylic acids is 1. The molecule has 2 heterocycles. The molecule has 1 aromatic carbocycles. The second-order valence-corrected chi connectivity index (χ2v) is 8.73. The van der Waals surface area contributed by atoms with Crippen molar-refractivity contribution in [2.75, 3.05) is 32.1 Å². The van der Waals surface area contributed by atoms with E-state index in [2.05, 4.69) is 10.4 Å². The molecule has 0 spiro atoms. The van der Waals surface area contributed by atoms with Gasteiger partial charge in [-0.3, -0.25) is 9.48 Å². The largest absolute Gasteiger partial charge is 0.495 e. The van der Waals surface area contributed by atoms with Gasteiger partial charge < -0.3 is 15.2 Å². The zero-order chi connectivity index (χ0) is 20.9. The van der Waals surface area contributed by atoms with Crippen LogP contribution >= 0.6 is 0 Å². The van der Waals surface area contributed by atoms with E-state index in [1.54, 1.807) is 12.3 Å². The highest BCUT2D eigenvalue weighted by Crippen LogP contribution is 2.29. The van der Waals surface area contributed by atoms with Gasteiger partial charge in [-0.25, -0.2) is 8.42 Å². The molecular formula is C19H26N4O5S.